The summed E-state index contributed by atoms with van der Waals surface area (Å²) in [5.41, 5.74) is 2.44. The van der Waals surface area contributed by atoms with Crippen LogP contribution < -0.4 is 14.5 Å². The Bertz CT molecular complexity index is 1040. The van der Waals surface area contributed by atoms with E-state index in [2.05, 4.69) is 0 Å². The summed E-state index contributed by atoms with van der Waals surface area (Å²) < 4.78 is 10.4. The number of fused-ring (bicyclic) bond motifs is 1. The van der Waals surface area contributed by atoms with E-state index in [1.807, 2.05) is 30.3 Å². The summed E-state index contributed by atoms with van der Waals surface area (Å²) in [4.78, 5) is 28.1. The summed E-state index contributed by atoms with van der Waals surface area (Å²) in [6.45, 7) is 0.889. The van der Waals surface area contributed by atoms with Crippen LogP contribution in [0.4, 0.5) is 11.4 Å². The largest absolute Gasteiger partial charge is 0.482 e. The van der Waals surface area contributed by atoms with Crippen LogP contribution in [0.15, 0.2) is 53.9 Å². The van der Waals surface area contributed by atoms with Crippen molar-refractivity contribution < 1.29 is 19.1 Å². The monoisotopic (exact) mass is 425 g/mol. The van der Waals surface area contributed by atoms with Gasteiger partial charge < -0.3 is 19.3 Å². The first kappa shape index (κ1) is 21.2. The number of carbonyl (C=O) groups is 2. The molecule has 3 rings (SSSR count). The highest BCUT2D eigenvalue weighted by Gasteiger charge is 2.31. The van der Waals surface area contributed by atoms with Crippen LogP contribution >= 0.6 is 11.6 Å². The number of Topliss-reactive ketones (excluding diaryl/α,β-unsaturated/α-hetero) is 1. The predicted octanol–water partition coefficient (Wildman–Crippen LogP) is 3.46. The van der Waals surface area contributed by atoms with Gasteiger partial charge in [0.05, 0.1) is 11.4 Å². The fourth-order valence-corrected chi connectivity index (χ4v) is 3.46. The lowest BCUT2D eigenvalue weighted by atomic mass is 10.2. The predicted molar refractivity (Wildman–Crippen MR) is 114 cm³/mol. The van der Waals surface area contributed by atoms with Crippen LogP contribution in [0.2, 0.25) is 5.02 Å². The molecule has 0 fully saturated rings. The number of nitrogens with zero attached hydrogens (tertiary/aromatic N) is 3. The van der Waals surface area contributed by atoms with Crippen molar-refractivity contribution in [3.63, 3.8) is 0 Å². The molecule has 0 saturated heterocycles. The van der Waals surface area contributed by atoms with Gasteiger partial charge in [0.15, 0.2) is 13.2 Å². The highest BCUT2D eigenvalue weighted by molar-refractivity contribution is 6.30. The van der Waals surface area contributed by atoms with Crippen LogP contribution in [0.5, 0.6) is 5.75 Å². The van der Waals surface area contributed by atoms with Crippen LogP contribution in [0.25, 0.3) is 0 Å². The molecule has 0 spiro atoms. The lowest BCUT2D eigenvalue weighted by Gasteiger charge is -2.19. The van der Waals surface area contributed by atoms with E-state index in [0.717, 1.165) is 16.9 Å². The maximum Gasteiger partial charge on any atom is 0.344 e. The second-order valence-electron chi connectivity index (χ2n) is 6.70. The third-order valence-corrected chi connectivity index (χ3v) is 4.94. The standard InChI is InChI=1S/C22H20ClN3O4/c1-14-10-15(23)8-9-20(14)29-13-21(28)30-12-19(27)16(11-24)22-25(2)17-6-4-5-7-18(17)26(22)3/h4-10H,12-13H2,1-3H3. The second kappa shape index (κ2) is 8.89. The number of anilines is 2. The van der Waals surface area contributed by atoms with E-state index in [4.69, 9.17) is 21.1 Å². The average molecular weight is 426 g/mol. The van der Waals surface area contributed by atoms with Gasteiger partial charge in [-0.3, -0.25) is 4.79 Å². The smallest absolute Gasteiger partial charge is 0.344 e. The maximum absolute atomic E-state index is 12.6. The number of carbonyl (C=O) groups excluding carboxylic acids is 2. The van der Waals surface area contributed by atoms with Gasteiger partial charge in [-0.1, -0.05) is 23.7 Å². The molecule has 0 unspecified atom stereocenters. The molecule has 0 amide bonds. The SMILES string of the molecule is Cc1cc(Cl)ccc1OCC(=O)OCC(=O)C(C#N)=C1N(C)c2ccccc2N1C. The van der Waals surface area contributed by atoms with Gasteiger partial charge in [0.25, 0.3) is 0 Å². The van der Waals surface area contributed by atoms with Crippen LogP contribution in [-0.2, 0) is 14.3 Å². The molecule has 0 N–H and O–H groups in total. The first-order valence-corrected chi connectivity index (χ1v) is 9.50. The molecule has 2 aromatic rings. The van der Waals surface area contributed by atoms with Crippen molar-refractivity contribution in [2.45, 2.75) is 6.92 Å². The van der Waals surface area contributed by atoms with Gasteiger partial charge in [-0.2, -0.15) is 5.26 Å². The molecule has 154 valence electrons. The highest BCUT2D eigenvalue weighted by atomic mass is 35.5. The third-order valence-electron chi connectivity index (χ3n) is 4.70. The molecule has 30 heavy (non-hydrogen) atoms. The van der Waals surface area contributed by atoms with Crippen LogP contribution in [0.1, 0.15) is 5.56 Å². The fourth-order valence-electron chi connectivity index (χ4n) is 3.23. The summed E-state index contributed by atoms with van der Waals surface area (Å²) in [6, 6.07) is 14.5. The number of hydrogen-bond donors (Lipinski definition) is 0. The minimum atomic E-state index is -0.712. The van der Waals surface area contributed by atoms with E-state index < -0.39 is 18.4 Å². The number of ketones is 1. The Hall–Kier alpha value is -3.50. The number of nitriles is 1. The number of hydrogen-bond acceptors (Lipinski definition) is 7. The lowest BCUT2D eigenvalue weighted by molar-refractivity contribution is -0.149. The van der Waals surface area contributed by atoms with E-state index in [9.17, 15) is 14.9 Å². The van der Waals surface area contributed by atoms with E-state index in [0.29, 0.717) is 16.6 Å². The number of rotatable bonds is 6. The van der Waals surface area contributed by atoms with E-state index in [1.54, 1.807) is 49.0 Å². The highest BCUT2D eigenvalue weighted by Crippen LogP contribution is 2.40. The molecule has 0 atom stereocenters. The Kier molecular flexibility index (Phi) is 6.28. The molecule has 2 aromatic carbocycles. The molecular formula is C22H20ClN3O4. The van der Waals surface area contributed by atoms with Crippen LogP contribution in [0, 0.1) is 18.3 Å². The lowest BCUT2D eigenvalue weighted by Crippen LogP contribution is -2.28. The first-order chi connectivity index (χ1) is 14.3. The zero-order valence-corrected chi connectivity index (χ0v) is 17.6. The third kappa shape index (κ3) is 4.24. The first-order valence-electron chi connectivity index (χ1n) is 9.12. The molecule has 1 aliphatic rings. The molecule has 7 nitrogen and oxygen atoms in total. The number of benzene rings is 2. The van der Waals surface area contributed by atoms with Crippen molar-refractivity contribution in [1.82, 2.24) is 0 Å². The van der Waals surface area contributed by atoms with Gasteiger partial charge in [0, 0.05) is 19.1 Å². The van der Waals surface area contributed by atoms with Gasteiger partial charge in [-0.05, 0) is 42.8 Å². The second-order valence-corrected chi connectivity index (χ2v) is 7.14. The normalized spacial score (nSPS) is 12.3. The Labute approximate surface area is 179 Å². The van der Waals surface area contributed by atoms with Crippen molar-refractivity contribution in [3.05, 3.63) is 64.4 Å². The van der Waals surface area contributed by atoms with E-state index in [1.165, 1.54) is 0 Å². The summed E-state index contributed by atoms with van der Waals surface area (Å²) in [5, 5.41) is 10.1. The average Bonchev–Trinajstić information content (AvgIpc) is 2.98. The van der Waals surface area contributed by atoms with Gasteiger partial charge >= 0.3 is 5.97 Å². The zero-order valence-electron chi connectivity index (χ0n) is 16.8. The molecule has 1 heterocycles. The fraction of sp³-hybridized carbons (Fsp3) is 0.227. The molecule has 0 saturated carbocycles. The van der Waals surface area contributed by atoms with Crippen molar-refractivity contribution in [3.8, 4) is 11.8 Å². The summed E-state index contributed by atoms with van der Waals surface area (Å²) in [5.74, 6) is -0.367. The molecule has 0 aromatic heterocycles. The van der Waals surface area contributed by atoms with E-state index in [-0.39, 0.29) is 12.2 Å². The van der Waals surface area contributed by atoms with Crippen molar-refractivity contribution in [2.75, 3.05) is 37.1 Å². The van der Waals surface area contributed by atoms with Crippen molar-refractivity contribution >= 4 is 34.7 Å². The molecule has 0 radical (unpaired) electrons. The molecule has 0 bridgehead atoms. The molecule has 0 aliphatic carbocycles. The summed E-state index contributed by atoms with van der Waals surface area (Å²) in [6.07, 6.45) is 0. The number of halogens is 1. The Morgan fingerprint density at radius 3 is 2.27 bits per heavy atom. The minimum absolute atomic E-state index is 0.0848. The maximum atomic E-state index is 12.6. The van der Waals surface area contributed by atoms with Crippen LogP contribution in [-0.4, -0.2) is 39.1 Å². The Balaban J connectivity index is 1.64. The van der Waals surface area contributed by atoms with Gasteiger partial charge in [-0.25, -0.2) is 4.79 Å². The number of ether oxygens (including phenoxy) is 2. The summed E-state index contributed by atoms with van der Waals surface area (Å²) in [7, 11) is 3.55. The topological polar surface area (TPSA) is 82.9 Å². The molecular weight excluding hydrogens is 406 g/mol. The van der Waals surface area contributed by atoms with Gasteiger partial charge in [-0.15, -0.1) is 0 Å². The van der Waals surface area contributed by atoms with Crippen molar-refractivity contribution in [1.29, 1.82) is 5.26 Å². The van der Waals surface area contributed by atoms with Gasteiger partial charge in [0.1, 0.15) is 23.2 Å². The quantitative estimate of drug-likeness (QED) is 0.398. The van der Waals surface area contributed by atoms with Gasteiger partial charge in [0.2, 0.25) is 5.78 Å². The number of para-hydroxylation sites is 2. The number of aryl methyl sites for hydroxylation is 1. The molecule has 1 aliphatic heterocycles. The minimum Gasteiger partial charge on any atom is -0.482 e. The van der Waals surface area contributed by atoms with Crippen molar-refractivity contribution in [2.24, 2.45) is 0 Å². The summed E-state index contributed by atoms with van der Waals surface area (Å²) >= 11 is 5.89. The Morgan fingerprint density at radius 1 is 1.07 bits per heavy atom. The van der Waals surface area contributed by atoms with E-state index >= 15 is 0 Å². The Morgan fingerprint density at radius 2 is 1.70 bits per heavy atom. The zero-order chi connectivity index (χ0) is 21.8. The number of esters is 1. The molecule has 8 heteroatoms. The van der Waals surface area contributed by atoms with Crippen LogP contribution in [0.3, 0.4) is 0 Å².